The van der Waals surface area contributed by atoms with E-state index in [1.54, 1.807) is 16.9 Å². The normalized spacial score (nSPS) is 16.6. The SMILES string of the molecule is CCC(NC(=O)c1ccc(CN2CCCC2)o1)c1ccnn1C. The molecule has 1 N–H and O–H groups in total. The summed E-state index contributed by atoms with van der Waals surface area (Å²) in [6.07, 6.45) is 5.03. The van der Waals surface area contributed by atoms with Crippen LogP contribution in [0.1, 0.15) is 54.2 Å². The summed E-state index contributed by atoms with van der Waals surface area (Å²) in [5, 5.41) is 7.19. The second-order valence-electron chi connectivity index (χ2n) is 6.06. The van der Waals surface area contributed by atoms with E-state index in [0.29, 0.717) is 5.76 Å². The van der Waals surface area contributed by atoms with Gasteiger partial charge in [-0.25, -0.2) is 0 Å². The van der Waals surface area contributed by atoms with Gasteiger partial charge in [0.05, 0.1) is 18.3 Å². The highest BCUT2D eigenvalue weighted by molar-refractivity contribution is 5.91. The minimum absolute atomic E-state index is 0.0675. The number of nitrogens with zero attached hydrogens (tertiary/aromatic N) is 3. The van der Waals surface area contributed by atoms with Gasteiger partial charge in [-0.2, -0.15) is 5.10 Å². The molecule has 1 saturated heterocycles. The monoisotopic (exact) mass is 316 g/mol. The van der Waals surface area contributed by atoms with E-state index >= 15 is 0 Å². The van der Waals surface area contributed by atoms with Gasteiger partial charge in [-0.3, -0.25) is 14.4 Å². The maximum absolute atomic E-state index is 12.4. The largest absolute Gasteiger partial charge is 0.455 e. The molecule has 6 heteroatoms. The smallest absolute Gasteiger partial charge is 0.287 e. The molecule has 1 atom stereocenters. The van der Waals surface area contributed by atoms with E-state index in [-0.39, 0.29) is 11.9 Å². The number of aromatic nitrogens is 2. The van der Waals surface area contributed by atoms with E-state index in [1.165, 1.54) is 12.8 Å². The Hall–Kier alpha value is -2.08. The van der Waals surface area contributed by atoms with Gasteiger partial charge in [0.25, 0.3) is 5.91 Å². The van der Waals surface area contributed by atoms with Crippen LogP contribution in [-0.4, -0.2) is 33.7 Å². The van der Waals surface area contributed by atoms with E-state index in [2.05, 4.69) is 15.3 Å². The summed E-state index contributed by atoms with van der Waals surface area (Å²) in [6.45, 7) is 5.05. The predicted octanol–water partition coefficient (Wildman–Crippen LogP) is 2.49. The van der Waals surface area contributed by atoms with Crippen LogP contribution in [0.3, 0.4) is 0 Å². The van der Waals surface area contributed by atoms with Crippen molar-refractivity contribution in [2.45, 2.75) is 38.8 Å². The lowest BCUT2D eigenvalue weighted by Gasteiger charge is -2.16. The highest BCUT2D eigenvalue weighted by Gasteiger charge is 2.20. The molecular formula is C17H24N4O2. The molecule has 2 aromatic heterocycles. The number of carbonyl (C=O) groups excluding carboxylic acids is 1. The van der Waals surface area contributed by atoms with E-state index < -0.39 is 0 Å². The number of amides is 1. The van der Waals surface area contributed by atoms with E-state index in [4.69, 9.17) is 4.42 Å². The fourth-order valence-electron chi connectivity index (χ4n) is 3.09. The fraction of sp³-hybridized carbons (Fsp3) is 0.529. The Bertz CT molecular complexity index is 655. The minimum Gasteiger partial charge on any atom is -0.455 e. The van der Waals surface area contributed by atoms with Gasteiger partial charge in [0, 0.05) is 13.2 Å². The maximum atomic E-state index is 12.4. The average molecular weight is 316 g/mol. The van der Waals surface area contributed by atoms with Gasteiger partial charge < -0.3 is 9.73 Å². The molecule has 6 nitrogen and oxygen atoms in total. The van der Waals surface area contributed by atoms with Crippen molar-refractivity contribution in [3.8, 4) is 0 Å². The maximum Gasteiger partial charge on any atom is 0.287 e. The molecule has 1 unspecified atom stereocenters. The number of likely N-dealkylation sites (tertiary alicyclic amines) is 1. The minimum atomic E-state index is -0.175. The lowest BCUT2D eigenvalue weighted by Crippen LogP contribution is -2.29. The molecule has 0 bridgehead atoms. The number of hydrogen-bond acceptors (Lipinski definition) is 4. The van der Waals surface area contributed by atoms with Crippen LogP contribution in [0.15, 0.2) is 28.8 Å². The summed E-state index contributed by atoms with van der Waals surface area (Å²) in [4.78, 5) is 14.8. The number of aryl methyl sites for hydroxylation is 1. The number of hydrogen-bond donors (Lipinski definition) is 1. The second kappa shape index (κ2) is 7.00. The molecule has 0 saturated carbocycles. The van der Waals surface area contributed by atoms with Gasteiger partial charge in [0.15, 0.2) is 5.76 Å². The van der Waals surface area contributed by atoms with Gasteiger partial charge in [0.2, 0.25) is 0 Å². The van der Waals surface area contributed by atoms with Gasteiger partial charge in [0.1, 0.15) is 5.76 Å². The first-order valence-electron chi connectivity index (χ1n) is 8.27. The van der Waals surface area contributed by atoms with Crippen LogP contribution >= 0.6 is 0 Å². The van der Waals surface area contributed by atoms with Gasteiger partial charge in [-0.1, -0.05) is 6.92 Å². The quantitative estimate of drug-likeness (QED) is 0.889. The van der Waals surface area contributed by atoms with Crippen molar-refractivity contribution in [1.82, 2.24) is 20.0 Å². The Kier molecular flexibility index (Phi) is 4.81. The van der Waals surface area contributed by atoms with Crippen molar-refractivity contribution < 1.29 is 9.21 Å². The van der Waals surface area contributed by atoms with Crippen LogP contribution in [0.4, 0.5) is 0 Å². The third-order valence-corrected chi connectivity index (χ3v) is 4.39. The van der Waals surface area contributed by atoms with Crippen LogP contribution in [0, 0.1) is 0 Å². The molecule has 124 valence electrons. The first-order chi connectivity index (χ1) is 11.2. The zero-order valence-corrected chi connectivity index (χ0v) is 13.8. The number of nitrogens with one attached hydrogen (secondary N) is 1. The summed E-state index contributed by atoms with van der Waals surface area (Å²) in [7, 11) is 1.88. The first-order valence-corrected chi connectivity index (χ1v) is 8.27. The molecule has 1 fully saturated rings. The van der Waals surface area contributed by atoms with Crippen molar-refractivity contribution in [2.75, 3.05) is 13.1 Å². The molecule has 3 rings (SSSR count). The molecular weight excluding hydrogens is 292 g/mol. The Morgan fingerprint density at radius 2 is 2.13 bits per heavy atom. The van der Waals surface area contributed by atoms with Crippen molar-refractivity contribution in [1.29, 1.82) is 0 Å². The fourth-order valence-corrected chi connectivity index (χ4v) is 3.09. The van der Waals surface area contributed by atoms with E-state index in [9.17, 15) is 4.79 Å². The molecule has 3 heterocycles. The summed E-state index contributed by atoms with van der Waals surface area (Å²) in [5.41, 5.74) is 0.990. The molecule has 1 aliphatic rings. The van der Waals surface area contributed by atoms with Crippen molar-refractivity contribution >= 4 is 5.91 Å². The molecule has 0 aromatic carbocycles. The molecule has 0 aliphatic carbocycles. The van der Waals surface area contributed by atoms with Crippen molar-refractivity contribution in [2.24, 2.45) is 7.05 Å². The summed E-state index contributed by atoms with van der Waals surface area (Å²) in [5.74, 6) is 1.05. The number of rotatable bonds is 6. The molecule has 23 heavy (non-hydrogen) atoms. The van der Waals surface area contributed by atoms with E-state index in [0.717, 1.165) is 37.5 Å². The lowest BCUT2D eigenvalue weighted by atomic mass is 10.1. The third-order valence-electron chi connectivity index (χ3n) is 4.39. The third kappa shape index (κ3) is 3.64. The van der Waals surface area contributed by atoms with Crippen LogP contribution in [0.25, 0.3) is 0 Å². The van der Waals surface area contributed by atoms with Gasteiger partial charge in [-0.15, -0.1) is 0 Å². The molecule has 0 radical (unpaired) electrons. The highest BCUT2D eigenvalue weighted by atomic mass is 16.4. The van der Waals surface area contributed by atoms with Crippen molar-refractivity contribution in [3.05, 3.63) is 41.6 Å². The second-order valence-corrected chi connectivity index (χ2v) is 6.06. The Labute approximate surface area is 136 Å². The van der Waals surface area contributed by atoms with Crippen LogP contribution in [0.2, 0.25) is 0 Å². The number of furan rings is 1. The molecule has 1 amide bonds. The zero-order chi connectivity index (χ0) is 16.2. The van der Waals surface area contributed by atoms with Crippen LogP contribution in [-0.2, 0) is 13.6 Å². The Morgan fingerprint density at radius 1 is 1.35 bits per heavy atom. The highest BCUT2D eigenvalue weighted by Crippen LogP contribution is 2.18. The van der Waals surface area contributed by atoms with Crippen LogP contribution in [0.5, 0.6) is 0 Å². The lowest BCUT2D eigenvalue weighted by molar-refractivity contribution is 0.0902. The molecule has 2 aromatic rings. The van der Waals surface area contributed by atoms with Crippen LogP contribution < -0.4 is 5.32 Å². The standard InChI is InChI=1S/C17H24N4O2/c1-3-14(15-8-9-18-20(15)2)19-17(22)16-7-6-13(23-16)12-21-10-4-5-11-21/h6-9,14H,3-5,10-12H2,1-2H3,(H,19,22). The summed E-state index contributed by atoms with van der Waals surface area (Å²) in [6, 6.07) is 5.52. The van der Waals surface area contributed by atoms with E-state index in [1.807, 2.05) is 26.1 Å². The molecule has 0 spiro atoms. The predicted molar refractivity (Wildman–Crippen MR) is 86.9 cm³/mol. The van der Waals surface area contributed by atoms with Crippen molar-refractivity contribution in [3.63, 3.8) is 0 Å². The molecule has 1 aliphatic heterocycles. The number of carbonyl (C=O) groups is 1. The average Bonchev–Trinajstić information content (AvgIpc) is 3.27. The Balaban J connectivity index is 1.63. The van der Waals surface area contributed by atoms with Gasteiger partial charge in [-0.05, 0) is 50.6 Å². The van der Waals surface area contributed by atoms with Gasteiger partial charge >= 0.3 is 0 Å². The first kappa shape index (κ1) is 15.8. The topological polar surface area (TPSA) is 63.3 Å². The zero-order valence-electron chi connectivity index (χ0n) is 13.8. The summed E-state index contributed by atoms with van der Waals surface area (Å²) >= 11 is 0. The summed E-state index contributed by atoms with van der Waals surface area (Å²) < 4.78 is 7.51. The Morgan fingerprint density at radius 3 is 2.78 bits per heavy atom.